The molecule has 0 atom stereocenters. The molecule has 2 aromatic rings. The molecule has 0 aliphatic rings. The highest BCUT2D eigenvalue weighted by Gasteiger charge is 2.32. The molecule has 19 heavy (non-hydrogen) atoms. The molecule has 0 aliphatic heterocycles. The summed E-state index contributed by atoms with van der Waals surface area (Å²) in [5, 5.41) is 0. The third-order valence-corrected chi connectivity index (χ3v) is 2.05. The Balaban J connectivity index is 2.25. The number of halogens is 3. The van der Waals surface area contributed by atoms with E-state index in [0.717, 1.165) is 6.07 Å². The minimum absolute atomic E-state index is 0.0817. The van der Waals surface area contributed by atoms with Gasteiger partial charge in [0.25, 0.3) is 0 Å². The van der Waals surface area contributed by atoms with Crippen molar-refractivity contribution in [1.82, 2.24) is 4.98 Å². The van der Waals surface area contributed by atoms with Crippen molar-refractivity contribution in [3.8, 4) is 17.4 Å². The van der Waals surface area contributed by atoms with Crippen LogP contribution >= 0.6 is 0 Å². The second-order valence-electron chi connectivity index (χ2n) is 3.52. The lowest BCUT2D eigenvalue weighted by atomic mass is 10.3. The number of rotatable bonds is 3. The van der Waals surface area contributed by atoms with Gasteiger partial charge in [0, 0.05) is 18.0 Å². The zero-order valence-electron chi connectivity index (χ0n) is 9.52. The Morgan fingerprint density at radius 2 is 1.74 bits per heavy atom. The van der Waals surface area contributed by atoms with Crippen LogP contribution in [0.4, 0.5) is 18.9 Å². The van der Waals surface area contributed by atoms with Gasteiger partial charge in [-0.25, -0.2) is 4.98 Å². The number of pyridine rings is 1. The summed E-state index contributed by atoms with van der Waals surface area (Å²) in [5.41, 5.74) is 5.91. The quantitative estimate of drug-likeness (QED) is 0.929. The molecular weight excluding hydrogens is 261 g/mol. The Labute approximate surface area is 106 Å². The molecule has 100 valence electrons. The zero-order valence-corrected chi connectivity index (χ0v) is 9.52. The molecular formula is C12H9F3N2O2. The molecule has 0 aliphatic carbocycles. The lowest BCUT2D eigenvalue weighted by molar-refractivity contribution is -0.275. The summed E-state index contributed by atoms with van der Waals surface area (Å²) in [6.07, 6.45) is -3.40. The third kappa shape index (κ3) is 3.77. The van der Waals surface area contributed by atoms with Crippen LogP contribution in [0.15, 0.2) is 42.6 Å². The summed E-state index contributed by atoms with van der Waals surface area (Å²) in [6.45, 7) is 0. The number of anilines is 1. The van der Waals surface area contributed by atoms with Gasteiger partial charge in [-0.2, -0.15) is 0 Å². The van der Waals surface area contributed by atoms with Crippen molar-refractivity contribution in [3.05, 3.63) is 42.6 Å². The molecule has 2 N–H and O–H groups in total. The van der Waals surface area contributed by atoms with Crippen LogP contribution in [0, 0.1) is 0 Å². The number of nitrogens with zero attached hydrogens (tertiary/aromatic N) is 1. The van der Waals surface area contributed by atoms with Crippen LogP contribution in [0.2, 0.25) is 0 Å². The molecule has 0 bridgehead atoms. The summed E-state index contributed by atoms with van der Waals surface area (Å²) in [4.78, 5) is 3.83. The Kier molecular flexibility index (Phi) is 3.46. The first-order chi connectivity index (χ1) is 8.94. The van der Waals surface area contributed by atoms with Gasteiger partial charge in [0.1, 0.15) is 0 Å². The van der Waals surface area contributed by atoms with Crippen molar-refractivity contribution in [2.75, 3.05) is 5.73 Å². The molecule has 4 nitrogen and oxygen atoms in total. The number of nitrogens with two attached hydrogens (primary N) is 1. The van der Waals surface area contributed by atoms with Gasteiger partial charge in [-0.15, -0.1) is 13.2 Å². The molecule has 1 aromatic carbocycles. The zero-order chi connectivity index (χ0) is 13.9. The van der Waals surface area contributed by atoms with Crippen LogP contribution in [0.3, 0.4) is 0 Å². The van der Waals surface area contributed by atoms with Gasteiger partial charge in [0.15, 0.2) is 11.5 Å². The maximum absolute atomic E-state index is 12.2. The summed E-state index contributed by atoms with van der Waals surface area (Å²) < 4.78 is 45.7. The van der Waals surface area contributed by atoms with Crippen LogP contribution in [-0.2, 0) is 0 Å². The molecule has 0 spiro atoms. The summed E-state index contributed by atoms with van der Waals surface area (Å²) in [6, 6.07) is 8.34. The van der Waals surface area contributed by atoms with Crippen molar-refractivity contribution >= 4 is 5.69 Å². The van der Waals surface area contributed by atoms with Crippen molar-refractivity contribution in [3.63, 3.8) is 0 Å². The first kappa shape index (κ1) is 13.0. The van der Waals surface area contributed by atoms with Gasteiger partial charge in [-0.05, 0) is 18.2 Å². The fourth-order valence-corrected chi connectivity index (χ4v) is 1.34. The Bertz CT molecular complexity index is 573. The lowest BCUT2D eigenvalue weighted by Gasteiger charge is -2.13. The van der Waals surface area contributed by atoms with Gasteiger partial charge in [-0.3, -0.25) is 0 Å². The van der Waals surface area contributed by atoms with E-state index in [2.05, 4.69) is 9.72 Å². The first-order valence-corrected chi connectivity index (χ1v) is 5.18. The Morgan fingerprint density at radius 3 is 2.37 bits per heavy atom. The van der Waals surface area contributed by atoms with E-state index >= 15 is 0 Å². The standard InChI is InChI=1S/C12H9F3N2O2/c13-12(14,15)19-10-4-2-1-3-9(10)18-11-7-8(16)5-6-17-11/h1-7H,(H2,16,17). The second kappa shape index (κ2) is 5.05. The number of alkyl halides is 3. The highest BCUT2D eigenvalue weighted by atomic mass is 19.4. The molecule has 0 amide bonds. The van der Waals surface area contributed by atoms with Gasteiger partial charge in [0.2, 0.25) is 5.88 Å². The highest BCUT2D eigenvalue weighted by Crippen LogP contribution is 2.34. The fourth-order valence-electron chi connectivity index (χ4n) is 1.34. The molecule has 1 aromatic heterocycles. The number of para-hydroxylation sites is 2. The highest BCUT2D eigenvalue weighted by molar-refractivity contribution is 5.44. The monoisotopic (exact) mass is 270 g/mol. The average Bonchev–Trinajstić information content (AvgIpc) is 2.30. The van der Waals surface area contributed by atoms with Crippen LogP contribution in [-0.4, -0.2) is 11.3 Å². The van der Waals surface area contributed by atoms with E-state index in [0.29, 0.717) is 5.69 Å². The van der Waals surface area contributed by atoms with E-state index in [9.17, 15) is 13.2 Å². The minimum Gasteiger partial charge on any atom is -0.435 e. The molecule has 0 saturated carbocycles. The van der Waals surface area contributed by atoms with Gasteiger partial charge in [0.05, 0.1) is 0 Å². The number of hydrogen-bond acceptors (Lipinski definition) is 4. The smallest absolute Gasteiger partial charge is 0.435 e. The van der Waals surface area contributed by atoms with Gasteiger partial charge >= 0.3 is 6.36 Å². The van der Waals surface area contributed by atoms with Crippen molar-refractivity contribution in [2.45, 2.75) is 6.36 Å². The summed E-state index contributed by atoms with van der Waals surface area (Å²) in [5.74, 6) is -0.463. The molecule has 1 heterocycles. The van der Waals surface area contributed by atoms with E-state index < -0.39 is 12.1 Å². The minimum atomic E-state index is -4.79. The summed E-state index contributed by atoms with van der Waals surface area (Å²) in [7, 11) is 0. The second-order valence-corrected chi connectivity index (χ2v) is 3.52. The van der Waals surface area contributed by atoms with Crippen molar-refractivity contribution in [1.29, 1.82) is 0 Å². The Morgan fingerprint density at radius 1 is 1.05 bits per heavy atom. The van der Waals surface area contributed by atoms with Gasteiger partial charge < -0.3 is 15.2 Å². The van der Waals surface area contributed by atoms with Crippen molar-refractivity contribution < 1.29 is 22.6 Å². The number of aromatic nitrogens is 1. The normalized spacial score (nSPS) is 11.1. The molecule has 0 saturated heterocycles. The van der Waals surface area contributed by atoms with Crippen LogP contribution in [0.25, 0.3) is 0 Å². The topological polar surface area (TPSA) is 57.4 Å². The summed E-state index contributed by atoms with van der Waals surface area (Å²) >= 11 is 0. The largest absolute Gasteiger partial charge is 0.573 e. The van der Waals surface area contributed by atoms with E-state index in [4.69, 9.17) is 10.5 Å². The predicted octanol–water partition coefficient (Wildman–Crippen LogP) is 3.35. The number of benzene rings is 1. The molecule has 0 unspecified atom stereocenters. The predicted molar refractivity (Wildman–Crippen MR) is 61.8 cm³/mol. The molecule has 2 rings (SSSR count). The maximum atomic E-state index is 12.2. The van der Waals surface area contributed by atoms with E-state index in [1.54, 1.807) is 0 Å². The lowest BCUT2D eigenvalue weighted by Crippen LogP contribution is -2.17. The number of nitrogen functional groups attached to an aromatic ring is 1. The molecule has 0 radical (unpaired) electrons. The molecule has 7 heteroatoms. The third-order valence-electron chi connectivity index (χ3n) is 2.05. The number of ether oxygens (including phenoxy) is 2. The van der Waals surface area contributed by atoms with Crippen LogP contribution < -0.4 is 15.2 Å². The van der Waals surface area contributed by atoms with Crippen LogP contribution in [0.5, 0.6) is 17.4 Å². The van der Waals surface area contributed by atoms with E-state index in [-0.39, 0.29) is 11.6 Å². The Hall–Kier alpha value is -2.44. The van der Waals surface area contributed by atoms with Crippen molar-refractivity contribution in [2.24, 2.45) is 0 Å². The average molecular weight is 270 g/mol. The first-order valence-electron chi connectivity index (χ1n) is 5.18. The van der Waals surface area contributed by atoms with Crippen LogP contribution in [0.1, 0.15) is 0 Å². The van der Waals surface area contributed by atoms with E-state index in [1.165, 1.54) is 36.5 Å². The van der Waals surface area contributed by atoms with Gasteiger partial charge in [-0.1, -0.05) is 12.1 Å². The molecule has 0 fully saturated rings. The number of hydrogen-bond donors (Lipinski definition) is 1. The fraction of sp³-hybridized carbons (Fsp3) is 0.0833. The maximum Gasteiger partial charge on any atom is 0.573 e. The SMILES string of the molecule is Nc1ccnc(Oc2ccccc2OC(F)(F)F)c1. The van der Waals surface area contributed by atoms with E-state index in [1.807, 2.05) is 0 Å².